The summed E-state index contributed by atoms with van der Waals surface area (Å²) in [6.07, 6.45) is 2.13. The number of likely N-dealkylation sites (tertiary alicyclic amines) is 1. The second kappa shape index (κ2) is 6.21. The highest BCUT2D eigenvalue weighted by Gasteiger charge is 2.23. The summed E-state index contributed by atoms with van der Waals surface area (Å²) in [7, 11) is 2.15. The molecule has 2 heterocycles. The fourth-order valence-corrected chi connectivity index (χ4v) is 2.30. The van der Waals surface area contributed by atoms with E-state index in [-0.39, 0.29) is 18.1 Å². The van der Waals surface area contributed by atoms with Gasteiger partial charge in [0.2, 0.25) is 11.9 Å². The van der Waals surface area contributed by atoms with Crippen molar-refractivity contribution < 1.29 is 4.74 Å². The average molecular weight is 280 g/mol. The number of nitrogen functional groups attached to an aromatic ring is 1. The van der Waals surface area contributed by atoms with Crippen LogP contribution in [-0.2, 0) is 0 Å². The molecule has 1 aliphatic heterocycles. The Morgan fingerprint density at radius 3 is 2.75 bits per heavy atom. The Bertz CT molecular complexity index is 452. The molecule has 0 aliphatic carbocycles. The Labute approximate surface area is 119 Å². The Hall–Kier alpha value is -1.63. The van der Waals surface area contributed by atoms with Crippen molar-refractivity contribution in [2.45, 2.75) is 51.8 Å². The van der Waals surface area contributed by atoms with Gasteiger partial charge in [0.1, 0.15) is 0 Å². The van der Waals surface area contributed by atoms with Crippen LogP contribution in [0.1, 0.15) is 33.6 Å². The maximum atomic E-state index is 5.70. The Kier molecular flexibility index (Phi) is 4.59. The van der Waals surface area contributed by atoms with Crippen LogP contribution in [0, 0.1) is 0 Å². The number of nitrogens with zero attached hydrogens (tertiary/aromatic N) is 4. The van der Waals surface area contributed by atoms with Gasteiger partial charge in [-0.25, -0.2) is 0 Å². The normalized spacial score (nSPS) is 23.9. The summed E-state index contributed by atoms with van der Waals surface area (Å²) in [6.45, 7) is 7.13. The van der Waals surface area contributed by atoms with E-state index in [1.54, 1.807) is 0 Å². The van der Waals surface area contributed by atoms with Gasteiger partial charge in [0.25, 0.3) is 0 Å². The van der Waals surface area contributed by atoms with Crippen LogP contribution in [0.15, 0.2) is 0 Å². The van der Waals surface area contributed by atoms with Gasteiger partial charge in [-0.2, -0.15) is 15.0 Å². The van der Waals surface area contributed by atoms with Gasteiger partial charge in [-0.1, -0.05) is 0 Å². The van der Waals surface area contributed by atoms with Gasteiger partial charge in [0.05, 0.1) is 6.10 Å². The largest absolute Gasteiger partial charge is 0.461 e. The molecule has 1 saturated heterocycles. The van der Waals surface area contributed by atoms with Crippen molar-refractivity contribution in [1.29, 1.82) is 0 Å². The third-order valence-electron chi connectivity index (χ3n) is 3.51. The Balaban J connectivity index is 2.03. The molecule has 1 aromatic rings. The van der Waals surface area contributed by atoms with E-state index < -0.39 is 0 Å². The number of rotatable bonds is 4. The minimum Gasteiger partial charge on any atom is -0.461 e. The van der Waals surface area contributed by atoms with Crippen LogP contribution < -0.4 is 15.8 Å². The number of aromatic nitrogens is 3. The molecule has 0 bridgehead atoms. The zero-order valence-electron chi connectivity index (χ0n) is 12.6. The van der Waals surface area contributed by atoms with Crippen LogP contribution >= 0.6 is 0 Å². The number of nitrogens with two attached hydrogens (primary N) is 1. The number of hydrogen-bond donors (Lipinski definition) is 2. The predicted octanol–water partition coefficient (Wildman–Crippen LogP) is 1.14. The Morgan fingerprint density at radius 1 is 1.35 bits per heavy atom. The van der Waals surface area contributed by atoms with E-state index in [0.29, 0.717) is 18.0 Å². The summed E-state index contributed by atoms with van der Waals surface area (Å²) in [5.74, 6) is 0.675. The minimum absolute atomic E-state index is 0.00741. The first kappa shape index (κ1) is 14.8. The molecular weight excluding hydrogens is 256 g/mol. The summed E-state index contributed by atoms with van der Waals surface area (Å²) < 4.78 is 5.47. The third-order valence-corrected chi connectivity index (χ3v) is 3.51. The summed E-state index contributed by atoms with van der Waals surface area (Å²) in [4.78, 5) is 14.7. The van der Waals surface area contributed by atoms with E-state index >= 15 is 0 Å². The number of ether oxygens (including phenoxy) is 1. The van der Waals surface area contributed by atoms with Crippen molar-refractivity contribution >= 4 is 11.9 Å². The van der Waals surface area contributed by atoms with Crippen molar-refractivity contribution in [2.75, 3.05) is 24.6 Å². The molecule has 2 unspecified atom stereocenters. The quantitative estimate of drug-likeness (QED) is 0.854. The zero-order valence-corrected chi connectivity index (χ0v) is 12.6. The summed E-state index contributed by atoms with van der Waals surface area (Å²) in [6, 6.07) is 1.18. The number of anilines is 2. The van der Waals surface area contributed by atoms with Crippen molar-refractivity contribution in [2.24, 2.45) is 0 Å². The van der Waals surface area contributed by atoms with Crippen LogP contribution in [0.4, 0.5) is 11.9 Å². The lowest BCUT2D eigenvalue weighted by atomic mass is 9.99. The lowest BCUT2D eigenvalue weighted by molar-refractivity contribution is 0.189. The molecule has 112 valence electrons. The van der Waals surface area contributed by atoms with E-state index in [0.717, 1.165) is 19.4 Å². The maximum absolute atomic E-state index is 5.70. The van der Waals surface area contributed by atoms with Crippen LogP contribution in [0.3, 0.4) is 0 Å². The fourth-order valence-electron chi connectivity index (χ4n) is 2.30. The smallest absolute Gasteiger partial charge is 0.323 e. The molecule has 7 nitrogen and oxygen atoms in total. The standard InChI is InChI=1S/C13H24N6O/c1-8(2)20-13-17-11(14)16-12(18-13)15-10-5-6-19(4)9(3)7-10/h8-10H,5-7H2,1-4H3,(H3,14,15,16,17,18). The van der Waals surface area contributed by atoms with Crippen LogP contribution in [0.25, 0.3) is 0 Å². The first-order chi connectivity index (χ1) is 9.44. The lowest BCUT2D eigenvalue weighted by Crippen LogP contribution is -2.42. The van der Waals surface area contributed by atoms with Gasteiger partial charge in [-0.3, -0.25) is 0 Å². The predicted molar refractivity (Wildman–Crippen MR) is 78.7 cm³/mol. The second-order valence-electron chi connectivity index (χ2n) is 5.66. The molecule has 1 fully saturated rings. The molecule has 0 aromatic carbocycles. The molecule has 1 aliphatic rings. The van der Waals surface area contributed by atoms with Gasteiger partial charge in [-0.15, -0.1) is 0 Å². The maximum Gasteiger partial charge on any atom is 0.323 e. The van der Waals surface area contributed by atoms with E-state index in [1.807, 2.05) is 13.8 Å². The number of hydrogen-bond acceptors (Lipinski definition) is 7. The van der Waals surface area contributed by atoms with E-state index in [2.05, 4.69) is 39.1 Å². The fraction of sp³-hybridized carbons (Fsp3) is 0.769. The Morgan fingerprint density at radius 2 is 2.10 bits per heavy atom. The SMILES string of the molecule is CC(C)Oc1nc(N)nc(NC2CCN(C)C(C)C2)n1. The molecule has 0 radical (unpaired) electrons. The molecule has 2 rings (SSSR count). The number of piperidine rings is 1. The van der Waals surface area contributed by atoms with Crippen LogP contribution in [-0.4, -0.2) is 51.6 Å². The highest BCUT2D eigenvalue weighted by molar-refractivity contribution is 5.33. The first-order valence-electron chi connectivity index (χ1n) is 7.09. The van der Waals surface area contributed by atoms with Crippen molar-refractivity contribution in [3.05, 3.63) is 0 Å². The van der Waals surface area contributed by atoms with Crippen molar-refractivity contribution in [3.8, 4) is 6.01 Å². The van der Waals surface area contributed by atoms with Gasteiger partial charge in [0.15, 0.2) is 0 Å². The monoisotopic (exact) mass is 280 g/mol. The molecular formula is C13H24N6O. The van der Waals surface area contributed by atoms with Gasteiger partial charge in [-0.05, 0) is 40.7 Å². The zero-order chi connectivity index (χ0) is 14.7. The van der Waals surface area contributed by atoms with Crippen LogP contribution in [0.5, 0.6) is 6.01 Å². The van der Waals surface area contributed by atoms with E-state index in [1.165, 1.54) is 0 Å². The molecule has 0 amide bonds. The molecule has 1 aromatic heterocycles. The lowest BCUT2D eigenvalue weighted by Gasteiger charge is -2.35. The molecule has 2 atom stereocenters. The van der Waals surface area contributed by atoms with E-state index in [9.17, 15) is 0 Å². The topological polar surface area (TPSA) is 89.2 Å². The van der Waals surface area contributed by atoms with Gasteiger partial charge in [0, 0.05) is 18.6 Å². The summed E-state index contributed by atoms with van der Waals surface area (Å²) in [5.41, 5.74) is 5.70. The van der Waals surface area contributed by atoms with E-state index in [4.69, 9.17) is 10.5 Å². The van der Waals surface area contributed by atoms with Crippen LogP contribution in [0.2, 0.25) is 0 Å². The highest BCUT2D eigenvalue weighted by Crippen LogP contribution is 2.19. The molecule has 7 heteroatoms. The highest BCUT2D eigenvalue weighted by atomic mass is 16.5. The van der Waals surface area contributed by atoms with Gasteiger partial charge < -0.3 is 20.7 Å². The molecule has 0 spiro atoms. The summed E-state index contributed by atoms with van der Waals surface area (Å²) >= 11 is 0. The average Bonchev–Trinajstić information content (AvgIpc) is 2.32. The first-order valence-corrected chi connectivity index (χ1v) is 7.09. The molecule has 0 saturated carbocycles. The number of nitrogens with one attached hydrogen (secondary N) is 1. The third kappa shape index (κ3) is 3.93. The minimum atomic E-state index is 0.00741. The molecule has 20 heavy (non-hydrogen) atoms. The summed E-state index contributed by atoms with van der Waals surface area (Å²) in [5, 5.41) is 3.34. The second-order valence-corrected chi connectivity index (χ2v) is 5.66. The van der Waals surface area contributed by atoms with Gasteiger partial charge >= 0.3 is 6.01 Å². The molecule has 3 N–H and O–H groups in total. The van der Waals surface area contributed by atoms with Crippen molar-refractivity contribution in [1.82, 2.24) is 19.9 Å². The van der Waals surface area contributed by atoms with Crippen molar-refractivity contribution in [3.63, 3.8) is 0 Å².